The van der Waals surface area contributed by atoms with E-state index in [-0.39, 0.29) is 59.9 Å². The van der Waals surface area contributed by atoms with Gasteiger partial charge in [0.1, 0.15) is 31.2 Å². The molecule has 3 aromatic rings. The standard InChI is InChI=1S/C39H49N3O13S2/c1-28-5-11-32(12-6-28)57(49,50)54-24-22-52-20-19-51-21-23-53-31-9-7-29(8-10-31)30-15-17-41(18-16-30)56(47,48)33-13-14-34-35(25-33)42(38(45)46)27-40(37(34)44)26-36(43)55-39(2,3)4/h5-14,25,30H,15-24,26-27H2,1-4H3,(H,45,46). The number of aryl methyl sites for hydroxylation is 1. The van der Waals surface area contributed by atoms with Crippen molar-refractivity contribution in [1.29, 1.82) is 0 Å². The molecule has 0 saturated carbocycles. The van der Waals surface area contributed by atoms with Crippen molar-refractivity contribution in [1.82, 2.24) is 9.21 Å². The van der Waals surface area contributed by atoms with Gasteiger partial charge in [-0.05, 0) is 94.5 Å². The smallest absolute Gasteiger partial charge is 0.413 e. The fourth-order valence-corrected chi connectivity index (χ4v) is 8.69. The zero-order valence-electron chi connectivity index (χ0n) is 32.4. The second-order valence-corrected chi connectivity index (χ2v) is 18.1. The minimum atomic E-state index is -4.02. The molecule has 2 heterocycles. The van der Waals surface area contributed by atoms with Crippen LogP contribution in [-0.4, -0.2) is 121 Å². The molecule has 0 aliphatic carbocycles. The first kappa shape index (κ1) is 43.5. The molecular formula is C39H49N3O13S2. The number of esters is 1. The summed E-state index contributed by atoms with van der Waals surface area (Å²) in [5.41, 5.74) is 1.09. The molecular weight excluding hydrogens is 783 g/mol. The van der Waals surface area contributed by atoms with Crippen LogP contribution in [0, 0.1) is 6.92 Å². The lowest BCUT2D eigenvalue weighted by molar-refractivity contribution is -0.155. The van der Waals surface area contributed by atoms with Gasteiger partial charge in [-0.2, -0.15) is 12.7 Å². The first-order valence-electron chi connectivity index (χ1n) is 18.4. The summed E-state index contributed by atoms with van der Waals surface area (Å²) in [5, 5.41) is 9.94. The van der Waals surface area contributed by atoms with Gasteiger partial charge in [0.2, 0.25) is 10.0 Å². The van der Waals surface area contributed by atoms with E-state index in [0.29, 0.717) is 38.4 Å². The van der Waals surface area contributed by atoms with Crippen LogP contribution in [0.1, 0.15) is 61.0 Å². The highest BCUT2D eigenvalue weighted by Gasteiger charge is 2.37. The van der Waals surface area contributed by atoms with Crippen LogP contribution in [0.4, 0.5) is 10.5 Å². The number of hydrogen-bond acceptors (Lipinski definition) is 12. The molecule has 1 fully saturated rings. The summed E-state index contributed by atoms with van der Waals surface area (Å²) in [5.74, 6) is -0.545. The van der Waals surface area contributed by atoms with E-state index < -0.39 is 56.9 Å². The van der Waals surface area contributed by atoms with Gasteiger partial charge in [-0.25, -0.2) is 13.2 Å². The average molecular weight is 832 g/mol. The van der Waals surface area contributed by atoms with E-state index in [0.717, 1.165) is 20.9 Å². The number of anilines is 1. The Kier molecular flexibility index (Phi) is 14.3. The minimum Gasteiger partial charge on any atom is -0.491 e. The molecule has 310 valence electrons. The van der Waals surface area contributed by atoms with Gasteiger partial charge in [0.15, 0.2) is 0 Å². The fourth-order valence-electron chi connectivity index (χ4n) is 6.30. The molecule has 2 aliphatic rings. The van der Waals surface area contributed by atoms with E-state index in [2.05, 4.69) is 0 Å². The van der Waals surface area contributed by atoms with Crippen molar-refractivity contribution in [3.05, 3.63) is 83.4 Å². The maximum absolute atomic E-state index is 13.7. The lowest BCUT2D eigenvalue weighted by atomic mass is 9.90. The molecule has 0 radical (unpaired) electrons. The van der Waals surface area contributed by atoms with Crippen LogP contribution in [-0.2, 0) is 43.3 Å². The van der Waals surface area contributed by atoms with Crippen LogP contribution in [0.3, 0.4) is 0 Å². The molecule has 0 aromatic heterocycles. The number of ether oxygens (including phenoxy) is 4. The quantitative estimate of drug-likeness (QED) is 0.113. The largest absolute Gasteiger partial charge is 0.491 e. The van der Waals surface area contributed by atoms with Crippen molar-refractivity contribution >= 4 is 43.8 Å². The minimum absolute atomic E-state index is 0.0377. The molecule has 0 spiro atoms. The predicted octanol–water partition coefficient (Wildman–Crippen LogP) is 4.62. The predicted molar refractivity (Wildman–Crippen MR) is 207 cm³/mol. The monoisotopic (exact) mass is 831 g/mol. The second-order valence-electron chi connectivity index (χ2n) is 14.5. The number of nitrogens with zero attached hydrogens (tertiary/aromatic N) is 3. The van der Waals surface area contributed by atoms with Gasteiger partial charge in [-0.3, -0.25) is 18.7 Å². The van der Waals surface area contributed by atoms with Crippen molar-refractivity contribution < 1.29 is 59.5 Å². The molecule has 57 heavy (non-hydrogen) atoms. The number of carbonyl (C=O) groups excluding carboxylic acids is 2. The molecule has 0 bridgehead atoms. The van der Waals surface area contributed by atoms with E-state index in [1.54, 1.807) is 32.9 Å². The van der Waals surface area contributed by atoms with Crippen LogP contribution >= 0.6 is 0 Å². The molecule has 18 heteroatoms. The van der Waals surface area contributed by atoms with E-state index in [9.17, 15) is 36.3 Å². The molecule has 2 aliphatic heterocycles. The van der Waals surface area contributed by atoms with Gasteiger partial charge in [-0.1, -0.05) is 29.8 Å². The summed E-state index contributed by atoms with van der Waals surface area (Å²) in [6.07, 6.45) is -0.280. The molecule has 0 unspecified atom stereocenters. The summed E-state index contributed by atoms with van der Waals surface area (Å²) < 4.78 is 80.2. The van der Waals surface area contributed by atoms with Crippen molar-refractivity contribution in [2.45, 2.75) is 61.8 Å². The number of rotatable bonds is 17. The SMILES string of the molecule is Cc1ccc(S(=O)(=O)OCCOCCOCCOc2ccc(C3CCN(S(=O)(=O)c4ccc5c(c4)N(C(=O)O)CN(CC(=O)OC(C)(C)C)C5=O)CC3)cc2)cc1. The molecule has 5 rings (SSSR count). The van der Waals surface area contributed by atoms with E-state index >= 15 is 0 Å². The Morgan fingerprint density at radius 2 is 1.40 bits per heavy atom. The number of piperidine rings is 1. The first-order chi connectivity index (χ1) is 26.9. The zero-order valence-corrected chi connectivity index (χ0v) is 34.1. The third-order valence-corrected chi connectivity index (χ3v) is 12.4. The van der Waals surface area contributed by atoms with Crippen LogP contribution in [0.15, 0.2) is 76.5 Å². The topological polar surface area (TPSA) is 196 Å². The highest BCUT2D eigenvalue weighted by molar-refractivity contribution is 7.89. The number of amides is 2. The summed E-state index contributed by atoms with van der Waals surface area (Å²) in [6, 6.07) is 17.8. The lowest BCUT2D eigenvalue weighted by Crippen LogP contribution is -2.51. The Morgan fingerprint density at radius 1 is 0.807 bits per heavy atom. The Bertz CT molecular complexity index is 2100. The third kappa shape index (κ3) is 11.7. The van der Waals surface area contributed by atoms with E-state index in [1.807, 2.05) is 31.2 Å². The first-order valence-corrected chi connectivity index (χ1v) is 21.3. The maximum atomic E-state index is 13.7. The Morgan fingerprint density at radius 3 is 2.02 bits per heavy atom. The molecule has 0 atom stereocenters. The highest BCUT2D eigenvalue weighted by atomic mass is 32.2. The van der Waals surface area contributed by atoms with E-state index in [4.69, 9.17) is 23.1 Å². The second kappa shape index (κ2) is 18.8. The summed E-state index contributed by atoms with van der Waals surface area (Å²) >= 11 is 0. The Balaban J connectivity index is 1.03. The molecule has 16 nitrogen and oxygen atoms in total. The highest BCUT2D eigenvalue weighted by Crippen LogP contribution is 2.35. The Hall–Kier alpha value is -4.59. The number of sulfonamides is 1. The summed E-state index contributed by atoms with van der Waals surface area (Å²) in [7, 11) is -7.85. The summed E-state index contributed by atoms with van der Waals surface area (Å²) in [6.45, 7) is 7.62. The number of benzene rings is 3. The Labute approximate surface area is 333 Å². The van der Waals surface area contributed by atoms with Crippen molar-refractivity contribution in [3.63, 3.8) is 0 Å². The van der Waals surface area contributed by atoms with Crippen molar-refractivity contribution in [2.24, 2.45) is 0 Å². The number of carboxylic acid groups (broad SMARTS) is 1. The average Bonchev–Trinajstić information content (AvgIpc) is 3.16. The van der Waals surface area contributed by atoms with Crippen molar-refractivity contribution in [2.75, 3.05) is 70.8 Å². The number of carbonyl (C=O) groups is 3. The van der Waals surface area contributed by atoms with Crippen LogP contribution in [0.5, 0.6) is 5.75 Å². The number of hydrogen-bond donors (Lipinski definition) is 1. The molecule has 2 amide bonds. The van der Waals surface area contributed by atoms with Crippen molar-refractivity contribution in [3.8, 4) is 5.75 Å². The van der Waals surface area contributed by atoms with Crippen LogP contribution in [0.2, 0.25) is 0 Å². The fraction of sp³-hybridized carbons (Fsp3) is 0.462. The maximum Gasteiger partial charge on any atom is 0.413 e. The molecule has 3 aromatic carbocycles. The van der Waals surface area contributed by atoms with Gasteiger partial charge >= 0.3 is 12.1 Å². The van der Waals surface area contributed by atoms with Gasteiger partial charge in [-0.15, -0.1) is 0 Å². The van der Waals surface area contributed by atoms with Crippen LogP contribution < -0.4 is 9.64 Å². The van der Waals surface area contributed by atoms with Gasteiger partial charge in [0.05, 0.1) is 54.1 Å². The molecule has 1 N–H and O–H groups in total. The lowest BCUT2D eigenvalue weighted by Gasteiger charge is -2.36. The number of fused-ring (bicyclic) bond motifs is 1. The van der Waals surface area contributed by atoms with Gasteiger partial charge < -0.3 is 29.0 Å². The zero-order chi connectivity index (χ0) is 41.4. The molecule has 1 saturated heterocycles. The van der Waals surface area contributed by atoms with Gasteiger partial charge in [0.25, 0.3) is 16.0 Å². The van der Waals surface area contributed by atoms with E-state index in [1.165, 1.54) is 34.6 Å². The van der Waals surface area contributed by atoms with Crippen LogP contribution in [0.25, 0.3) is 0 Å². The summed E-state index contributed by atoms with van der Waals surface area (Å²) in [4.78, 5) is 39.7. The van der Waals surface area contributed by atoms with Gasteiger partial charge in [0, 0.05) is 13.1 Å². The normalized spacial score (nSPS) is 15.7. The third-order valence-electron chi connectivity index (χ3n) is 9.15.